The number of nitriles is 1. The average molecular weight is 295 g/mol. The summed E-state index contributed by atoms with van der Waals surface area (Å²) in [6.45, 7) is 1.59. The number of benzene rings is 1. The van der Waals surface area contributed by atoms with Crippen LogP contribution in [0.1, 0.15) is 19.8 Å². The second-order valence-corrected chi connectivity index (χ2v) is 6.78. The molecule has 0 fully saturated rings. The predicted molar refractivity (Wildman–Crippen MR) is 76.2 cm³/mol. The molecule has 0 aliphatic rings. The maximum atomic E-state index is 11.9. The van der Waals surface area contributed by atoms with Crippen LogP contribution in [0.5, 0.6) is 0 Å². The lowest BCUT2D eigenvalue weighted by Crippen LogP contribution is -2.20. The maximum Gasteiger partial charge on any atom is 0.303 e. The van der Waals surface area contributed by atoms with E-state index in [0.717, 1.165) is 28.4 Å². The monoisotopic (exact) mass is 295 g/mol. The molecule has 100 valence electrons. The van der Waals surface area contributed by atoms with Crippen LogP contribution in [0.3, 0.4) is 0 Å². The van der Waals surface area contributed by atoms with Gasteiger partial charge >= 0.3 is 5.97 Å². The number of thioether (sulfide) groups is 2. The number of rotatable bonds is 5. The van der Waals surface area contributed by atoms with E-state index in [1.165, 1.54) is 0 Å². The zero-order chi connectivity index (χ0) is 14.3. The Kier molecular flexibility index (Phi) is 5.93. The van der Waals surface area contributed by atoms with Gasteiger partial charge in [-0.2, -0.15) is 5.26 Å². The van der Waals surface area contributed by atoms with Crippen molar-refractivity contribution in [3.63, 3.8) is 0 Å². The molecule has 0 saturated carbocycles. The lowest BCUT2D eigenvalue weighted by Gasteiger charge is -2.18. The topological polar surface area (TPSA) is 78.2 Å². The first-order valence-corrected chi connectivity index (χ1v) is 7.17. The maximum absolute atomic E-state index is 11.9. The summed E-state index contributed by atoms with van der Waals surface area (Å²) < 4.78 is -1.21. The average Bonchev–Trinajstić information content (AvgIpc) is 2.37. The lowest BCUT2D eigenvalue weighted by molar-refractivity contribution is -0.137. The minimum absolute atomic E-state index is 0.125. The molecule has 0 aliphatic heterocycles. The first-order chi connectivity index (χ1) is 8.95. The van der Waals surface area contributed by atoms with E-state index in [-0.39, 0.29) is 17.3 Å². The number of aliphatic carboxylic acids is 1. The number of carboxylic acids is 1. The molecule has 1 atom stereocenters. The second kappa shape index (κ2) is 7.22. The number of nitrogens with zero attached hydrogens (tertiary/aromatic N) is 1. The van der Waals surface area contributed by atoms with Crippen LogP contribution < -0.4 is 0 Å². The third kappa shape index (κ3) is 5.81. The van der Waals surface area contributed by atoms with E-state index < -0.39 is 10.7 Å². The van der Waals surface area contributed by atoms with Gasteiger partial charge in [0.25, 0.3) is 4.45 Å². The van der Waals surface area contributed by atoms with Gasteiger partial charge in [0.05, 0.1) is 6.07 Å². The molecule has 0 saturated heterocycles. The lowest BCUT2D eigenvalue weighted by atomic mass is 10.1. The smallest absolute Gasteiger partial charge is 0.303 e. The number of carbonyl (C=O) groups excluding carboxylic acids is 1. The standard InChI is InChI=1S/C13H13NO3S2/c1-13(9-14,8-7-11(15)16)19-12(17)18-10-5-3-2-4-6-10/h2-6H,7-8H2,1H3,(H,15,16). The van der Waals surface area contributed by atoms with Crippen molar-refractivity contribution in [2.24, 2.45) is 0 Å². The minimum Gasteiger partial charge on any atom is -0.481 e. The Hall–Kier alpha value is -1.45. The van der Waals surface area contributed by atoms with E-state index in [4.69, 9.17) is 10.4 Å². The van der Waals surface area contributed by atoms with Crippen LogP contribution in [0.25, 0.3) is 0 Å². The summed E-state index contributed by atoms with van der Waals surface area (Å²) >= 11 is 1.93. The van der Waals surface area contributed by atoms with Gasteiger partial charge in [0.1, 0.15) is 4.75 Å². The van der Waals surface area contributed by atoms with Crippen LogP contribution >= 0.6 is 23.5 Å². The van der Waals surface area contributed by atoms with E-state index in [1.807, 2.05) is 36.4 Å². The van der Waals surface area contributed by atoms with E-state index in [1.54, 1.807) is 6.92 Å². The van der Waals surface area contributed by atoms with Gasteiger partial charge < -0.3 is 5.11 Å². The van der Waals surface area contributed by atoms with Crippen molar-refractivity contribution < 1.29 is 14.7 Å². The van der Waals surface area contributed by atoms with Crippen LogP contribution in [0.4, 0.5) is 4.79 Å². The quantitative estimate of drug-likeness (QED) is 0.833. The first kappa shape index (κ1) is 15.6. The van der Waals surface area contributed by atoms with E-state index in [9.17, 15) is 9.59 Å². The number of hydrogen-bond acceptors (Lipinski definition) is 5. The van der Waals surface area contributed by atoms with E-state index >= 15 is 0 Å². The normalized spacial score (nSPS) is 13.3. The van der Waals surface area contributed by atoms with Gasteiger partial charge in [0, 0.05) is 11.3 Å². The van der Waals surface area contributed by atoms with Crippen molar-refractivity contribution in [3.8, 4) is 6.07 Å². The first-order valence-electron chi connectivity index (χ1n) is 5.54. The number of hydrogen-bond donors (Lipinski definition) is 1. The molecule has 0 amide bonds. The molecule has 4 nitrogen and oxygen atoms in total. The largest absolute Gasteiger partial charge is 0.481 e. The molecule has 1 rings (SSSR count). The van der Waals surface area contributed by atoms with Crippen LogP contribution in [0.2, 0.25) is 0 Å². The Labute approximate surface area is 120 Å². The molecular formula is C13H13NO3S2. The molecule has 0 aliphatic carbocycles. The molecule has 0 spiro atoms. The fourth-order valence-electron chi connectivity index (χ4n) is 1.26. The molecule has 1 aromatic carbocycles. The zero-order valence-electron chi connectivity index (χ0n) is 10.3. The minimum atomic E-state index is -1.00. The Morgan fingerprint density at radius 2 is 2.00 bits per heavy atom. The van der Waals surface area contributed by atoms with Crippen molar-refractivity contribution in [2.45, 2.75) is 29.4 Å². The van der Waals surface area contributed by atoms with Crippen molar-refractivity contribution in [1.82, 2.24) is 0 Å². The van der Waals surface area contributed by atoms with E-state index in [2.05, 4.69) is 0 Å². The summed E-state index contributed by atoms with van der Waals surface area (Å²) in [5, 5.41) is 17.7. The summed E-state index contributed by atoms with van der Waals surface area (Å²) in [4.78, 5) is 23.2. The summed E-state index contributed by atoms with van der Waals surface area (Å²) in [5.41, 5.74) is 0. The molecule has 1 unspecified atom stereocenters. The third-order valence-corrected chi connectivity index (χ3v) is 4.39. The third-order valence-electron chi connectivity index (χ3n) is 2.31. The van der Waals surface area contributed by atoms with Gasteiger partial charge in [-0.05, 0) is 37.2 Å². The predicted octanol–water partition coefficient (Wildman–Crippen LogP) is 3.78. The highest BCUT2D eigenvalue weighted by atomic mass is 32.2. The Morgan fingerprint density at radius 1 is 1.37 bits per heavy atom. The fourth-order valence-corrected chi connectivity index (χ4v) is 3.38. The van der Waals surface area contributed by atoms with Crippen molar-refractivity contribution >= 4 is 33.9 Å². The summed E-state index contributed by atoms with van der Waals surface area (Å²) in [5.74, 6) is -0.967. The Balaban J connectivity index is 2.58. The molecular weight excluding hydrogens is 282 g/mol. The molecule has 0 aromatic heterocycles. The molecule has 1 N–H and O–H groups in total. The van der Waals surface area contributed by atoms with Gasteiger partial charge in [-0.1, -0.05) is 30.0 Å². The molecule has 19 heavy (non-hydrogen) atoms. The van der Waals surface area contributed by atoms with Crippen LogP contribution in [0.15, 0.2) is 35.2 Å². The molecule has 0 heterocycles. The Bertz CT molecular complexity index is 498. The summed E-state index contributed by atoms with van der Waals surface area (Å²) in [7, 11) is 0. The van der Waals surface area contributed by atoms with Gasteiger partial charge in [-0.3, -0.25) is 9.59 Å². The number of carbonyl (C=O) groups is 2. The van der Waals surface area contributed by atoms with Crippen LogP contribution in [-0.4, -0.2) is 20.3 Å². The highest BCUT2D eigenvalue weighted by Gasteiger charge is 2.29. The molecule has 0 bridgehead atoms. The zero-order valence-corrected chi connectivity index (χ0v) is 12.0. The Morgan fingerprint density at radius 3 is 2.53 bits per heavy atom. The van der Waals surface area contributed by atoms with Gasteiger partial charge in [0.2, 0.25) is 0 Å². The van der Waals surface area contributed by atoms with Crippen LogP contribution in [0, 0.1) is 11.3 Å². The van der Waals surface area contributed by atoms with Crippen molar-refractivity contribution in [1.29, 1.82) is 5.26 Å². The molecule has 1 aromatic rings. The van der Waals surface area contributed by atoms with Crippen molar-refractivity contribution in [2.75, 3.05) is 0 Å². The van der Waals surface area contributed by atoms with Gasteiger partial charge in [-0.25, -0.2) is 0 Å². The van der Waals surface area contributed by atoms with Crippen molar-refractivity contribution in [3.05, 3.63) is 30.3 Å². The highest BCUT2D eigenvalue weighted by Crippen LogP contribution is 2.36. The second-order valence-electron chi connectivity index (χ2n) is 4.00. The summed E-state index contributed by atoms with van der Waals surface area (Å²) in [6.07, 6.45) is 0.0188. The van der Waals surface area contributed by atoms with Gasteiger partial charge in [-0.15, -0.1) is 0 Å². The van der Waals surface area contributed by atoms with Crippen LogP contribution in [-0.2, 0) is 4.79 Å². The number of carboxylic acid groups (broad SMARTS) is 1. The molecule has 6 heteroatoms. The SMILES string of the molecule is CC(C#N)(CCC(=O)O)SC(=O)Sc1ccccc1. The van der Waals surface area contributed by atoms with Gasteiger partial charge in [0.15, 0.2) is 0 Å². The summed E-state index contributed by atoms with van der Waals surface area (Å²) in [6, 6.07) is 11.1. The highest BCUT2D eigenvalue weighted by molar-refractivity contribution is 8.39. The van der Waals surface area contributed by atoms with E-state index in [0.29, 0.717) is 0 Å². The molecule has 0 radical (unpaired) electrons. The fraction of sp³-hybridized carbons (Fsp3) is 0.308.